The van der Waals surface area contributed by atoms with Crippen LogP contribution < -0.4 is 5.73 Å². The highest BCUT2D eigenvalue weighted by molar-refractivity contribution is 5.28. The van der Waals surface area contributed by atoms with Crippen LogP contribution in [-0.4, -0.2) is 16.3 Å². The van der Waals surface area contributed by atoms with E-state index in [1.807, 2.05) is 24.3 Å². The molecule has 2 rings (SSSR count). The van der Waals surface area contributed by atoms with Crippen molar-refractivity contribution in [1.29, 1.82) is 0 Å². The zero-order valence-electron chi connectivity index (χ0n) is 10.7. The lowest BCUT2D eigenvalue weighted by Crippen LogP contribution is -2.09. The van der Waals surface area contributed by atoms with Crippen molar-refractivity contribution < 1.29 is 17.7 Å². The molecule has 0 bridgehead atoms. The summed E-state index contributed by atoms with van der Waals surface area (Å²) in [5, 5.41) is 3.55. The van der Waals surface area contributed by atoms with Crippen molar-refractivity contribution >= 4 is 0 Å². The van der Waals surface area contributed by atoms with Crippen molar-refractivity contribution in [3.05, 3.63) is 47.1 Å². The Morgan fingerprint density at radius 2 is 1.85 bits per heavy atom. The highest BCUT2D eigenvalue weighted by Gasteiger charge is 2.27. The number of hydrogen-bond acceptors (Lipinski definition) is 4. The molecular formula is C13H14F3N3O. The maximum Gasteiger partial charge on any atom is 0.389 e. The quantitative estimate of drug-likeness (QED) is 0.917. The van der Waals surface area contributed by atoms with Crippen LogP contribution in [0.25, 0.3) is 0 Å². The molecule has 0 aliphatic heterocycles. The molecule has 0 unspecified atom stereocenters. The van der Waals surface area contributed by atoms with E-state index in [0.29, 0.717) is 18.9 Å². The molecule has 0 aliphatic rings. The second kappa shape index (κ2) is 6.04. The first-order chi connectivity index (χ1) is 9.48. The number of halogens is 3. The van der Waals surface area contributed by atoms with Crippen LogP contribution in [0.2, 0.25) is 0 Å². The normalized spacial score (nSPS) is 11.8. The topological polar surface area (TPSA) is 64.9 Å². The van der Waals surface area contributed by atoms with Crippen LogP contribution in [0.4, 0.5) is 13.2 Å². The smallest absolute Gasteiger partial charge is 0.339 e. The van der Waals surface area contributed by atoms with E-state index in [9.17, 15) is 13.2 Å². The van der Waals surface area contributed by atoms with Crippen molar-refractivity contribution in [2.75, 3.05) is 0 Å². The Balaban J connectivity index is 2.02. The second-order valence-corrected chi connectivity index (χ2v) is 4.37. The molecule has 1 aromatic heterocycles. The van der Waals surface area contributed by atoms with Gasteiger partial charge in [0.15, 0.2) is 5.82 Å². The highest BCUT2D eigenvalue weighted by atomic mass is 19.4. The van der Waals surface area contributed by atoms with Crippen LogP contribution in [0, 0.1) is 0 Å². The second-order valence-electron chi connectivity index (χ2n) is 4.37. The minimum Gasteiger partial charge on any atom is -0.339 e. The minimum absolute atomic E-state index is 0.0718. The first kappa shape index (κ1) is 14.5. The number of aryl methyl sites for hydroxylation is 1. The van der Waals surface area contributed by atoms with Gasteiger partial charge >= 0.3 is 6.18 Å². The van der Waals surface area contributed by atoms with E-state index < -0.39 is 12.6 Å². The molecule has 2 N–H and O–H groups in total. The van der Waals surface area contributed by atoms with Gasteiger partial charge in [-0.15, -0.1) is 0 Å². The molecule has 7 heteroatoms. The molecule has 1 heterocycles. The molecule has 2 aromatic rings. The SMILES string of the molecule is NCc1ccccc1Cc1nc(CCC(F)(F)F)no1. The largest absolute Gasteiger partial charge is 0.389 e. The van der Waals surface area contributed by atoms with Crippen molar-refractivity contribution in [2.24, 2.45) is 5.73 Å². The van der Waals surface area contributed by atoms with Gasteiger partial charge < -0.3 is 10.3 Å². The molecule has 0 spiro atoms. The Bertz CT molecular complexity index is 566. The van der Waals surface area contributed by atoms with Gasteiger partial charge in [0.2, 0.25) is 5.89 Å². The van der Waals surface area contributed by atoms with Gasteiger partial charge in [-0.05, 0) is 11.1 Å². The first-order valence-corrected chi connectivity index (χ1v) is 6.13. The summed E-state index contributed by atoms with van der Waals surface area (Å²) in [5.74, 6) is 0.366. The standard InChI is InChI=1S/C13H14F3N3O/c14-13(15,16)6-5-11-18-12(20-19-11)7-9-3-1-2-4-10(9)8-17/h1-4H,5-8,17H2. The summed E-state index contributed by atoms with van der Waals surface area (Å²) in [6, 6.07) is 7.49. The molecule has 0 saturated carbocycles. The highest BCUT2D eigenvalue weighted by Crippen LogP contribution is 2.21. The minimum atomic E-state index is -4.22. The van der Waals surface area contributed by atoms with Crippen LogP contribution in [0.1, 0.15) is 29.3 Å². The number of alkyl halides is 3. The van der Waals surface area contributed by atoms with Gasteiger partial charge in [-0.1, -0.05) is 29.4 Å². The zero-order valence-corrected chi connectivity index (χ0v) is 10.7. The van der Waals surface area contributed by atoms with Crippen LogP contribution >= 0.6 is 0 Å². The van der Waals surface area contributed by atoms with E-state index in [1.165, 1.54) is 0 Å². The molecule has 0 aliphatic carbocycles. The molecule has 0 radical (unpaired) electrons. The van der Waals surface area contributed by atoms with E-state index >= 15 is 0 Å². The van der Waals surface area contributed by atoms with Crippen molar-refractivity contribution in [3.63, 3.8) is 0 Å². The van der Waals surface area contributed by atoms with Gasteiger partial charge in [0.1, 0.15) is 0 Å². The molecule has 108 valence electrons. The lowest BCUT2D eigenvalue weighted by atomic mass is 10.0. The third-order valence-corrected chi connectivity index (χ3v) is 2.82. The van der Waals surface area contributed by atoms with Crippen LogP contribution in [-0.2, 0) is 19.4 Å². The fourth-order valence-corrected chi connectivity index (χ4v) is 1.81. The number of nitrogens with zero attached hydrogens (tertiary/aromatic N) is 2. The predicted octanol–water partition coefficient (Wildman–Crippen LogP) is 2.61. The Hall–Kier alpha value is -1.89. The third kappa shape index (κ3) is 4.06. The molecular weight excluding hydrogens is 271 g/mol. The van der Waals surface area contributed by atoms with E-state index in [-0.39, 0.29) is 12.2 Å². The zero-order chi connectivity index (χ0) is 14.6. The predicted molar refractivity (Wildman–Crippen MR) is 65.8 cm³/mol. The number of nitrogens with two attached hydrogens (primary N) is 1. The van der Waals surface area contributed by atoms with Crippen molar-refractivity contribution in [2.45, 2.75) is 32.0 Å². The lowest BCUT2D eigenvalue weighted by Gasteiger charge is -2.04. The maximum atomic E-state index is 12.1. The molecule has 0 saturated heterocycles. The van der Waals surface area contributed by atoms with E-state index in [4.69, 9.17) is 10.3 Å². The van der Waals surface area contributed by atoms with Gasteiger partial charge in [0.25, 0.3) is 0 Å². The van der Waals surface area contributed by atoms with Gasteiger partial charge in [-0.2, -0.15) is 18.2 Å². The Morgan fingerprint density at radius 3 is 2.50 bits per heavy atom. The number of benzene rings is 1. The van der Waals surface area contributed by atoms with Gasteiger partial charge in [-0.25, -0.2) is 0 Å². The van der Waals surface area contributed by atoms with E-state index in [0.717, 1.165) is 11.1 Å². The number of rotatable bonds is 5. The molecule has 20 heavy (non-hydrogen) atoms. The van der Waals surface area contributed by atoms with E-state index in [2.05, 4.69) is 10.1 Å². The summed E-state index contributed by atoms with van der Waals surface area (Å²) in [6.45, 7) is 0.380. The average molecular weight is 285 g/mol. The Morgan fingerprint density at radius 1 is 1.15 bits per heavy atom. The summed E-state index contributed by atoms with van der Waals surface area (Å²) in [4.78, 5) is 3.97. The Labute approximate surface area is 113 Å². The van der Waals surface area contributed by atoms with E-state index in [1.54, 1.807) is 0 Å². The third-order valence-electron chi connectivity index (χ3n) is 2.82. The summed E-state index contributed by atoms with van der Waals surface area (Å²) in [7, 11) is 0. The first-order valence-electron chi connectivity index (χ1n) is 6.13. The molecule has 0 atom stereocenters. The maximum absolute atomic E-state index is 12.1. The van der Waals surface area contributed by atoms with Gasteiger partial charge in [-0.3, -0.25) is 0 Å². The number of aromatic nitrogens is 2. The fraction of sp³-hybridized carbons (Fsp3) is 0.385. The van der Waals surface area contributed by atoms with Crippen LogP contribution in [0.3, 0.4) is 0 Å². The van der Waals surface area contributed by atoms with Crippen molar-refractivity contribution in [1.82, 2.24) is 10.1 Å². The molecule has 0 fully saturated rings. The summed E-state index contributed by atoms with van der Waals surface area (Å²) < 4.78 is 41.2. The fourth-order valence-electron chi connectivity index (χ4n) is 1.81. The summed E-state index contributed by atoms with van der Waals surface area (Å²) in [5.41, 5.74) is 7.49. The molecule has 4 nitrogen and oxygen atoms in total. The molecule has 1 aromatic carbocycles. The average Bonchev–Trinajstić information content (AvgIpc) is 2.84. The van der Waals surface area contributed by atoms with Crippen molar-refractivity contribution in [3.8, 4) is 0 Å². The monoisotopic (exact) mass is 285 g/mol. The van der Waals surface area contributed by atoms with Crippen LogP contribution in [0.15, 0.2) is 28.8 Å². The summed E-state index contributed by atoms with van der Waals surface area (Å²) in [6.07, 6.45) is -5.07. The van der Waals surface area contributed by atoms with Crippen LogP contribution in [0.5, 0.6) is 0 Å². The number of hydrogen-bond donors (Lipinski definition) is 1. The Kier molecular flexibility index (Phi) is 4.39. The van der Waals surface area contributed by atoms with Gasteiger partial charge in [0.05, 0.1) is 12.8 Å². The van der Waals surface area contributed by atoms with Gasteiger partial charge in [0, 0.05) is 13.0 Å². The summed E-state index contributed by atoms with van der Waals surface area (Å²) >= 11 is 0. The lowest BCUT2D eigenvalue weighted by molar-refractivity contribution is -0.134. The molecule has 0 amide bonds.